The summed E-state index contributed by atoms with van der Waals surface area (Å²) in [4.78, 5) is 55.4. The van der Waals surface area contributed by atoms with Gasteiger partial charge >= 0.3 is 12.2 Å². The van der Waals surface area contributed by atoms with Crippen LogP contribution in [0.15, 0.2) is 30.6 Å². The number of aromatic nitrogens is 2. The molecule has 0 radical (unpaired) electrons. The van der Waals surface area contributed by atoms with Gasteiger partial charge in [0.15, 0.2) is 5.69 Å². The number of carbonyl (C=O) groups is 4. The fourth-order valence-corrected chi connectivity index (χ4v) is 3.39. The summed E-state index contributed by atoms with van der Waals surface area (Å²) in [6.07, 6.45) is 2.60. The van der Waals surface area contributed by atoms with Gasteiger partial charge in [0.25, 0.3) is 11.8 Å². The molecule has 220 valence electrons. The van der Waals surface area contributed by atoms with E-state index in [0.717, 1.165) is 24.0 Å². The molecule has 2 aromatic rings. The molecule has 1 heterocycles. The zero-order valence-corrected chi connectivity index (χ0v) is 24.2. The number of nitrogens with zero attached hydrogens (tertiary/aromatic N) is 1. The predicted molar refractivity (Wildman–Crippen MR) is 150 cm³/mol. The van der Waals surface area contributed by atoms with Gasteiger partial charge in [-0.1, -0.05) is 24.3 Å². The molecule has 0 atom stereocenters. The lowest BCUT2D eigenvalue weighted by Crippen LogP contribution is -2.33. The molecule has 0 aliphatic carbocycles. The third kappa shape index (κ3) is 12.6. The number of rotatable bonds is 12. The molecule has 5 N–H and O–H groups in total. The SMILES string of the molecule is CC(C)(C)OC(=O)NCCCCCNC(=O)c1nc[nH]c1C(=O)NCc1ccc(CNC(=O)OC(C)(C)C)cc1. The van der Waals surface area contributed by atoms with Crippen LogP contribution in [0, 0.1) is 0 Å². The molecule has 12 nitrogen and oxygen atoms in total. The van der Waals surface area contributed by atoms with Crippen molar-refractivity contribution in [2.45, 2.75) is 85.1 Å². The van der Waals surface area contributed by atoms with Crippen molar-refractivity contribution in [3.8, 4) is 0 Å². The summed E-state index contributed by atoms with van der Waals surface area (Å²) in [5.41, 5.74) is 0.731. The topological polar surface area (TPSA) is 164 Å². The van der Waals surface area contributed by atoms with E-state index in [4.69, 9.17) is 9.47 Å². The minimum Gasteiger partial charge on any atom is -0.444 e. The van der Waals surface area contributed by atoms with Crippen LogP contribution >= 0.6 is 0 Å². The average Bonchev–Trinajstić information content (AvgIpc) is 3.34. The zero-order valence-electron chi connectivity index (χ0n) is 24.2. The first-order valence-corrected chi connectivity index (χ1v) is 13.3. The van der Waals surface area contributed by atoms with Crippen molar-refractivity contribution in [3.05, 3.63) is 53.1 Å². The molecule has 1 aromatic carbocycles. The van der Waals surface area contributed by atoms with Crippen LogP contribution in [0.4, 0.5) is 9.59 Å². The van der Waals surface area contributed by atoms with Crippen molar-refractivity contribution in [3.63, 3.8) is 0 Å². The molecule has 12 heteroatoms. The van der Waals surface area contributed by atoms with Crippen LogP contribution in [0.5, 0.6) is 0 Å². The van der Waals surface area contributed by atoms with Crippen molar-refractivity contribution in [2.24, 2.45) is 0 Å². The van der Waals surface area contributed by atoms with Crippen molar-refractivity contribution in [2.75, 3.05) is 13.1 Å². The fraction of sp³-hybridized carbons (Fsp3) is 0.536. The quantitative estimate of drug-likeness (QED) is 0.247. The monoisotopic (exact) mass is 558 g/mol. The molecule has 0 spiro atoms. The summed E-state index contributed by atoms with van der Waals surface area (Å²) in [5, 5.41) is 10.9. The molecule has 0 unspecified atom stereocenters. The molecule has 2 rings (SSSR count). The van der Waals surface area contributed by atoms with E-state index in [-0.39, 0.29) is 17.9 Å². The number of benzene rings is 1. The Labute approximate surface area is 235 Å². The second-order valence-electron chi connectivity index (χ2n) is 11.2. The van der Waals surface area contributed by atoms with Crippen LogP contribution in [0.2, 0.25) is 0 Å². The van der Waals surface area contributed by atoms with E-state index in [1.165, 1.54) is 6.33 Å². The molecule has 1 aromatic heterocycles. The Morgan fingerprint density at radius 1 is 0.700 bits per heavy atom. The van der Waals surface area contributed by atoms with E-state index in [1.807, 2.05) is 24.3 Å². The second kappa shape index (κ2) is 14.9. The minimum atomic E-state index is -0.565. The number of hydrogen-bond acceptors (Lipinski definition) is 7. The highest BCUT2D eigenvalue weighted by Crippen LogP contribution is 2.09. The van der Waals surface area contributed by atoms with Gasteiger partial charge in [-0.2, -0.15) is 0 Å². The summed E-state index contributed by atoms with van der Waals surface area (Å²) >= 11 is 0. The van der Waals surface area contributed by atoms with Crippen molar-refractivity contribution >= 4 is 24.0 Å². The predicted octanol–water partition coefficient (Wildman–Crippen LogP) is 3.79. The molecule has 0 bridgehead atoms. The second-order valence-corrected chi connectivity index (χ2v) is 11.2. The number of amides is 4. The molecule has 0 aliphatic rings. The van der Waals surface area contributed by atoms with E-state index >= 15 is 0 Å². The van der Waals surface area contributed by atoms with Crippen LogP contribution in [0.25, 0.3) is 0 Å². The molecule has 0 fully saturated rings. The van der Waals surface area contributed by atoms with Crippen LogP contribution in [0.1, 0.15) is 92.9 Å². The third-order valence-electron chi connectivity index (χ3n) is 5.20. The summed E-state index contributed by atoms with van der Waals surface area (Å²) < 4.78 is 10.4. The number of H-pyrrole nitrogens is 1. The molecule has 4 amide bonds. The Balaban J connectivity index is 1.70. The number of nitrogens with one attached hydrogen (secondary N) is 5. The van der Waals surface area contributed by atoms with Gasteiger partial charge in [0.05, 0.1) is 6.33 Å². The Morgan fingerprint density at radius 3 is 1.75 bits per heavy atom. The number of imidazole rings is 1. The maximum atomic E-state index is 12.7. The fourth-order valence-electron chi connectivity index (χ4n) is 3.39. The number of ether oxygens (including phenoxy) is 2. The Kier molecular flexibility index (Phi) is 12.0. The summed E-state index contributed by atoms with van der Waals surface area (Å²) in [6, 6.07) is 7.38. The van der Waals surface area contributed by atoms with Crippen molar-refractivity contribution < 1.29 is 28.7 Å². The number of carbonyl (C=O) groups excluding carboxylic acids is 4. The van der Waals surface area contributed by atoms with E-state index in [2.05, 4.69) is 31.2 Å². The van der Waals surface area contributed by atoms with Crippen LogP contribution in [-0.2, 0) is 22.6 Å². The Morgan fingerprint density at radius 2 is 1.20 bits per heavy atom. The van der Waals surface area contributed by atoms with E-state index in [1.54, 1.807) is 41.5 Å². The standard InChI is InChI=1S/C28H42N6O6/c1-27(2,3)39-25(37)30-15-9-7-8-14-29-23(35)21-22(34-18-33-21)24(36)31-16-19-10-12-20(13-11-19)17-32-26(38)40-28(4,5)6/h10-13,18H,7-9,14-17H2,1-6H3,(H,29,35)(H,30,37)(H,31,36)(H,32,38)(H,33,34). The molecule has 0 saturated heterocycles. The van der Waals surface area contributed by atoms with Crippen LogP contribution in [-0.4, -0.2) is 58.3 Å². The largest absolute Gasteiger partial charge is 0.444 e. The highest BCUT2D eigenvalue weighted by Gasteiger charge is 2.20. The van der Waals surface area contributed by atoms with E-state index in [9.17, 15) is 19.2 Å². The van der Waals surface area contributed by atoms with Gasteiger partial charge in [0.1, 0.15) is 16.9 Å². The van der Waals surface area contributed by atoms with Crippen LogP contribution < -0.4 is 21.3 Å². The lowest BCUT2D eigenvalue weighted by molar-refractivity contribution is 0.0513. The molecule has 0 saturated carbocycles. The first kappa shape index (κ1) is 32.1. The van der Waals surface area contributed by atoms with Crippen molar-refractivity contribution in [1.29, 1.82) is 0 Å². The van der Waals surface area contributed by atoms with E-state index in [0.29, 0.717) is 26.1 Å². The van der Waals surface area contributed by atoms with Gasteiger partial charge in [0, 0.05) is 26.2 Å². The number of unbranched alkanes of at least 4 members (excludes halogenated alkanes) is 2. The summed E-state index contributed by atoms with van der Waals surface area (Å²) in [6.45, 7) is 12.3. The van der Waals surface area contributed by atoms with Gasteiger partial charge in [-0.3, -0.25) is 9.59 Å². The maximum absolute atomic E-state index is 12.7. The van der Waals surface area contributed by atoms with Crippen molar-refractivity contribution in [1.82, 2.24) is 31.2 Å². The highest BCUT2D eigenvalue weighted by atomic mass is 16.6. The Hall–Kier alpha value is -4.09. The summed E-state index contributed by atoms with van der Waals surface area (Å²) in [7, 11) is 0. The van der Waals surface area contributed by atoms with Gasteiger partial charge in [-0.05, 0) is 71.9 Å². The van der Waals surface area contributed by atoms with Crippen LogP contribution in [0.3, 0.4) is 0 Å². The first-order valence-electron chi connectivity index (χ1n) is 13.3. The highest BCUT2D eigenvalue weighted by molar-refractivity contribution is 6.04. The third-order valence-corrected chi connectivity index (χ3v) is 5.20. The Bertz CT molecular complexity index is 1130. The smallest absolute Gasteiger partial charge is 0.407 e. The lowest BCUT2D eigenvalue weighted by Gasteiger charge is -2.19. The first-order chi connectivity index (χ1) is 18.7. The molecule has 0 aliphatic heterocycles. The molecular formula is C28H42N6O6. The average molecular weight is 559 g/mol. The number of aromatic amines is 1. The number of alkyl carbamates (subject to hydrolysis) is 2. The zero-order chi connectivity index (χ0) is 29.8. The van der Waals surface area contributed by atoms with Gasteiger partial charge in [-0.25, -0.2) is 14.6 Å². The molecule has 40 heavy (non-hydrogen) atoms. The van der Waals surface area contributed by atoms with Gasteiger partial charge < -0.3 is 35.7 Å². The van der Waals surface area contributed by atoms with Gasteiger partial charge in [0.2, 0.25) is 0 Å². The normalized spacial score (nSPS) is 11.3. The molecular weight excluding hydrogens is 516 g/mol. The summed E-state index contributed by atoms with van der Waals surface area (Å²) in [5.74, 6) is -0.897. The lowest BCUT2D eigenvalue weighted by atomic mass is 10.1. The van der Waals surface area contributed by atoms with Gasteiger partial charge in [-0.15, -0.1) is 0 Å². The maximum Gasteiger partial charge on any atom is 0.407 e. The number of hydrogen-bond donors (Lipinski definition) is 5. The van der Waals surface area contributed by atoms with E-state index < -0.39 is 35.2 Å². The minimum absolute atomic E-state index is 0.0210.